The molecule has 0 atom stereocenters. The molecule has 5 nitrogen and oxygen atoms in total. The summed E-state index contributed by atoms with van der Waals surface area (Å²) in [6, 6.07) is 6.61. The Labute approximate surface area is 135 Å². The largest absolute Gasteiger partial charge is 0.461 e. The van der Waals surface area contributed by atoms with Crippen LogP contribution in [0.3, 0.4) is 0 Å². The molecule has 0 fully saturated rings. The molecule has 1 heterocycles. The summed E-state index contributed by atoms with van der Waals surface area (Å²) in [5.74, 6) is -1.20. The zero-order valence-electron chi connectivity index (χ0n) is 10.9. The number of anilines is 1. The molecular weight excluding hydrogens is 339 g/mol. The number of fused-ring (bicyclic) bond motifs is 1. The Morgan fingerprint density at radius 3 is 2.62 bits per heavy atom. The molecule has 0 aliphatic heterocycles. The standard InChI is InChI=1S/C13H11Cl3N2O3/c1-2-21-11(19)10-6-7-5-8(3-4-9(7)18-10)17-12(20)13(14,15)16/h3-6,18H,2H2,1H3,(H,17,20). The van der Waals surface area contributed by atoms with Crippen LogP contribution in [0.2, 0.25) is 0 Å². The number of hydrogen-bond acceptors (Lipinski definition) is 3. The van der Waals surface area contributed by atoms with Gasteiger partial charge in [0.25, 0.3) is 9.70 Å². The summed E-state index contributed by atoms with van der Waals surface area (Å²) in [6.45, 7) is 2.02. The van der Waals surface area contributed by atoms with Crippen molar-refractivity contribution in [2.45, 2.75) is 10.7 Å². The predicted molar refractivity (Wildman–Crippen MR) is 83.2 cm³/mol. The van der Waals surface area contributed by atoms with Crippen LogP contribution in [0.1, 0.15) is 17.4 Å². The number of carbonyl (C=O) groups excluding carboxylic acids is 2. The zero-order chi connectivity index (χ0) is 15.6. The monoisotopic (exact) mass is 348 g/mol. The lowest BCUT2D eigenvalue weighted by Crippen LogP contribution is -2.26. The van der Waals surface area contributed by atoms with E-state index < -0.39 is 15.7 Å². The number of amides is 1. The van der Waals surface area contributed by atoms with Gasteiger partial charge in [0.05, 0.1) is 6.61 Å². The smallest absolute Gasteiger partial charge is 0.354 e. The van der Waals surface area contributed by atoms with E-state index >= 15 is 0 Å². The van der Waals surface area contributed by atoms with Crippen LogP contribution in [0, 0.1) is 0 Å². The molecule has 21 heavy (non-hydrogen) atoms. The molecule has 0 bridgehead atoms. The first kappa shape index (κ1) is 15.9. The van der Waals surface area contributed by atoms with E-state index in [0.29, 0.717) is 18.0 Å². The summed E-state index contributed by atoms with van der Waals surface area (Å²) in [5, 5.41) is 3.20. The van der Waals surface area contributed by atoms with Crippen molar-refractivity contribution in [2.24, 2.45) is 0 Å². The van der Waals surface area contributed by atoms with Gasteiger partial charge in [0, 0.05) is 16.6 Å². The van der Waals surface area contributed by atoms with E-state index in [4.69, 9.17) is 39.5 Å². The van der Waals surface area contributed by atoms with Gasteiger partial charge in [-0.2, -0.15) is 0 Å². The second-order valence-corrected chi connectivity index (χ2v) is 6.44. The fourth-order valence-corrected chi connectivity index (χ4v) is 1.87. The summed E-state index contributed by atoms with van der Waals surface area (Å²) < 4.78 is 2.87. The molecule has 8 heteroatoms. The van der Waals surface area contributed by atoms with Crippen molar-refractivity contribution < 1.29 is 14.3 Å². The first-order valence-electron chi connectivity index (χ1n) is 5.99. The topological polar surface area (TPSA) is 71.2 Å². The molecule has 0 aliphatic carbocycles. The number of H-pyrrole nitrogens is 1. The molecule has 2 N–H and O–H groups in total. The third-order valence-corrected chi connectivity index (χ3v) is 3.15. The molecule has 112 valence electrons. The van der Waals surface area contributed by atoms with E-state index in [-0.39, 0.29) is 0 Å². The van der Waals surface area contributed by atoms with Gasteiger partial charge in [-0.05, 0) is 31.2 Å². The van der Waals surface area contributed by atoms with Crippen LogP contribution < -0.4 is 5.32 Å². The summed E-state index contributed by atoms with van der Waals surface area (Å²) in [5.41, 5.74) is 1.51. The number of nitrogens with one attached hydrogen (secondary N) is 2. The number of benzene rings is 1. The molecule has 0 radical (unpaired) electrons. The molecule has 1 aromatic heterocycles. The number of aromatic nitrogens is 1. The average molecular weight is 350 g/mol. The fourth-order valence-electron chi connectivity index (χ4n) is 1.73. The number of ether oxygens (including phenoxy) is 1. The lowest BCUT2D eigenvalue weighted by Gasteiger charge is -2.11. The van der Waals surface area contributed by atoms with Crippen LogP contribution in [0.4, 0.5) is 5.69 Å². The highest BCUT2D eigenvalue weighted by atomic mass is 35.6. The van der Waals surface area contributed by atoms with Gasteiger partial charge in [-0.3, -0.25) is 4.79 Å². The maximum atomic E-state index is 11.6. The first-order valence-corrected chi connectivity index (χ1v) is 7.12. The van der Waals surface area contributed by atoms with Gasteiger partial charge >= 0.3 is 5.97 Å². The molecule has 1 aromatic carbocycles. The fraction of sp³-hybridized carbons (Fsp3) is 0.231. The molecule has 0 saturated carbocycles. The molecule has 0 unspecified atom stereocenters. The van der Waals surface area contributed by atoms with Crippen LogP contribution in [-0.2, 0) is 9.53 Å². The number of esters is 1. The van der Waals surface area contributed by atoms with E-state index in [9.17, 15) is 9.59 Å². The van der Waals surface area contributed by atoms with Crippen molar-refractivity contribution in [1.29, 1.82) is 0 Å². The van der Waals surface area contributed by atoms with Crippen LogP contribution in [0.5, 0.6) is 0 Å². The SMILES string of the molecule is CCOC(=O)c1cc2cc(NC(=O)C(Cl)(Cl)Cl)ccc2[nH]1. The Morgan fingerprint density at radius 2 is 2.00 bits per heavy atom. The molecule has 2 aromatic rings. The molecule has 1 amide bonds. The zero-order valence-corrected chi connectivity index (χ0v) is 13.1. The van der Waals surface area contributed by atoms with Gasteiger partial charge in [0.15, 0.2) is 0 Å². The van der Waals surface area contributed by atoms with Crippen molar-refractivity contribution in [3.8, 4) is 0 Å². The second-order valence-electron chi connectivity index (χ2n) is 4.16. The van der Waals surface area contributed by atoms with Gasteiger partial charge in [-0.1, -0.05) is 34.8 Å². The Balaban J connectivity index is 2.26. The number of carbonyl (C=O) groups is 2. The number of hydrogen-bond donors (Lipinski definition) is 2. The summed E-state index contributed by atoms with van der Waals surface area (Å²) in [4.78, 5) is 26.1. The highest BCUT2D eigenvalue weighted by Crippen LogP contribution is 2.28. The number of rotatable bonds is 3. The minimum absolute atomic E-state index is 0.290. The van der Waals surface area contributed by atoms with Crippen LogP contribution in [0.25, 0.3) is 10.9 Å². The van der Waals surface area contributed by atoms with Crippen LogP contribution in [-0.4, -0.2) is 27.3 Å². The molecule has 0 saturated heterocycles. The minimum Gasteiger partial charge on any atom is -0.461 e. The van der Waals surface area contributed by atoms with Crippen molar-refractivity contribution >= 4 is 63.3 Å². The van der Waals surface area contributed by atoms with Gasteiger partial charge in [-0.15, -0.1) is 0 Å². The molecule has 2 rings (SSSR count). The Bertz CT molecular complexity index is 692. The lowest BCUT2D eigenvalue weighted by molar-refractivity contribution is -0.115. The van der Waals surface area contributed by atoms with E-state index in [1.165, 1.54) is 0 Å². The molecular formula is C13H11Cl3N2O3. The van der Waals surface area contributed by atoms with E-state index in [0.717, 1.165) is 10.9 Å². The molecule has 0 spiro atoms. The third-order valence-electron chi connectivity index (χ3n) is 2.63. The van der Waals surface area contributed by atoms with Gasteiger partial charge in [0.2, 0.25) is 0 Å². The summed E-state index contributed by atoms with van der Waals surface area (Å²) in [6.07, 6.45) is 0. The van der Waals surface area contributed by atoms with E-state index in [1.54, 1.807) is 31.2 Å². The molecule has 0 aliphatic rings. The van der Waals surface area contributed by atoms with Crippen LogP contribution in [0.15, 0.2) is 24.3 Å². The maximum absolute atomic E-state index is 11.6. The maximum Gasteiger partial charge on any atom is 0.354 e. The second kappa shape index (κ2) is 6.13. The van der Waals surface area contributed by atoms with Gasteiger partial charge in [-0.25, -0.2) is 4.79 Å². The number of halogens is 3. The van der Waals surface area contributed by atoms with Crippen molar-refractivity contribution in [2.75, 3.05) is 11.9 Å². The third kappa shape index (κ3) is 3.81. The first-order chi connectivity index (χ1) is 9.81. The summed E-state index contributed by atoms with van der Waals surface area (Å²) in [7, 11) is 0. The Kier molecular flexibility index (Phi) is 4.66. The van der Waals surface area contributed by atoms with Crippen LogP contribution >= 0.6 is 34.8 Å². The van der Waals surface area contributed by atoms with Gasteiger partial charge < -0.3 is 15.0 Å². The van der Waals surface area contributed by atoms with Crippen molar-refractivity contribution in [3.05, 3.63) is 30.0 Å². The summed E-state index contributed by atoms with van der Waals surface area (Å²) >= 11 is 16.5. The predicted octanol–water partition coefficient (Wildman–Crippen LogP) is 3.65. The average Bonchev–Trinajstić information content (AvgIpc) is 2.81. The normalized spacial score (nSPS) is 11.4. The van der Waals surface area contributed by atoms with E-state index in [1.807, 2.05) is 0 Å². The number of aromatic amines is 1. The number of alkyl halides is 3. The Morgan fingerprint density at radius 1 is 1.29 bits per heavy atom. The highest BCUT2D eigenvalue weighted by molar-refractivity contribution is 6.76. The van der Waals surface area contributed by atoms with Crippen molar-refractivity contribution in [1.82, 2.24) is 4.98 Å². The van der Waals surface area contributed by atoms with E-state index in [2.05, 4.69) is 10.3 Å². The van der Waals surface area contributed by atoms with Crippen molar-refractivity contribution in [3.63, 3.8) is 0 Å². The quantitative estimate of drug-likeness (QED) is 0.656. The Hall–Kier alpha value is -1.43. The van der Waals surface area contributed by atoms with Gasteiger partial charge in [0.1, 0.15) is 5.69 Å². The lowest BCUT2D eigenvalue weighted by atomic mass is 10.2. The minimum atomic E-state index is -2.04. The highest BCUT2D eigenvalue weighted by Gasteiger charge is 2.30.